The Morgan fingerprint density at radius 1 is 1.35 bits per heavy atom. The molecular weight excluding hydrogens is 310 g/mol. The first-order chi connectivity index (χ1) is 10.9. The highest BCUT2D eigenvalue weighted by molar-refractivity contribution is 7.17. The predicted molar refractivity (Wildman–Crippen MR) is 94.1 cm³/mol. The van der Waals surface area contributed by atoms with Crippen molar-refractivity contribution < 1.29 is 9.59 Å². The quantitative estimate of drug-likeness (QED) is 0.864. The second kappa shape index (κ2) is 7.90. The minimum atomic E-state index is -0.0505. The van der Waals surface area contributed by atoms with Gasteiger partial charge in [0.2, 0.25) is 5.91 Å². The summed E-state index contributed by atoms with van der Waals surface area (Å²) in [6.45, 7) is 8.29. The number of rotatable bonds is 6. The summed E-state index contributed by atoms with van der Waals surface area (Å²) in [4.78, 5) is 31.1. The SMILES string of the molecule is CC(=O)N(CCC(C)C)c1nc(C)c(C(=O)NC2CCCC2)s1. The first kappa shape index (κ1) is 17.9. The van der Waals surface area contributed by atoms with E-state index in [-0.39, 0.29) is 17.9 Å². The molecule has 0 radical (unpaired) electrons. The van der Waals surface area contributed by atoms with Crippen LogP contribution in [0.3, 0.4) is 0 Å². The lowest BCUT2D eigenvalue weighted by atomic mass is 10.1. The lowest BCUT2D eigenvalue weighted by Gasteiger charge is -2.18. The van der Waals surface area contributed by atoms with Crippen molar-refractivity contribution in [3.63, 3.8) is 0 Å². The largest absolute Gasteiger partial charge is 0.349 e. The molecule has 0 saturated heterocycles. The van der Waals surface area contributed by atoms with Crippen LogP contribution in [-0.4, -0.2) is 29.4 Å². The molecule has 1 saturated carbocycles. The molecule has 0 aromatic carbocycles. The fourth-order valence-electron chi connectivity index (χ4n) is 2.80. The van der Waals surface area contributed by atoms with Crippen LogP contribution in [0.1, 0.15) is 68.2 Å². The first-order valence-corrected chi connectivity index (χ1v) is 9.26. The van der Waals surface area contributed by atoms with E-state index in [1.165, 1.54) is 24.2 Å². The number of anilines is 1. The number of nitrogens with zero attached hydrogens (tertiary/aromatic N) is 2. The van der Waals surface area contributed by atoms with Crippen molar-refractivity contribution in [2.45, 2.75) is 65.8 Å². The maximum Gasteiger partial charge on any atom is 0.263 e. The average Bonchev–Trinajstić information content (AvgIpc) is 3.08. The zero-order chi connectivity index (χ0) is 17.0. The average molecular weight is 337 g/mol. The van der Waals surface area contributed by atoms with Crippen LogP contribution in [0.2, 0.25) is 0 Å². The van der Waals surface area contributed by atoms with E-state index in [2.05, 4.69) is 24.1 Å². The summed E-state index contributed by atoms with van der Waals surface area (Å²) in [7, 11) is 0. The van der Waals surface area contributed by atoms with Crippen LogP contribution < -0.4 is 10.2 Å². The molecule has 1 aliphatic rings. The minimum Gasteiger partial charge on any atom is -0.349 e. The highest BCUT2D eigenvalue weighted by Crippen LogP contribution is 2.27. The molecule has 1 heterocycles. The molecule has 1 aromatic rings. The monoisotopic (exact) mass is 337 g/mol. The molecule has 1 fully saturated rings. The molecule has 1 aromatic heterocycles. The lowest BCUT2D eigenvalue weighted by molar-refractivity contribution is -0.116. The summed E-state index contributed by atoms with van der Waals surface area (Å²) in [6.07, 6.45) is 5.41. The normalized spacial score (nSPS) is 15.2. The Labute approximate surface area is 142 Å². The number of carbonyl (C=O) groups is 2. The fourth-order valence-corrected chi connectivity index (χ4v) is 3.84. The van der Waals surface area contributed by atoms with Gasteiger partial charge < -0.3 is 5.32 Å². The Morgan fingerprint density at radius 3 is 2.57 bits per heavy atom. The third-order valence-electron chi connectivity index (χ3n) is 4.22. The Bertz CT molecular complexity index is 562. The van der Waals surface area contributed by atoms with E-state index >= 15 is 0 Å². The highest BCUT2D eigenvalue weighted by Gasteiger charge is 2.24. The summed E-state index contributed by atoms with van der Waals surface area (Å²) < 4.78 is 0. The van der Waals surface area contributed by atoms with Gasteiger partial charge in [0.1, 0.15) is 4.88 Å². The van der Waals surface area contributed by atoms with E-state index in [9.17, 15) is 9.59 Å². The van der Waals surface area contributed by atoms with Gasteiger partial charge in [-0.3, -0.25) is 14.5 Å². The maximum absolute atomic E-state index is 12.4. The fraction of sp³-hybridized carbons (Fsp3) is 0.706. The number of thiazole rings is 1. The van der Waals surface area contributed by atoms with E-state index in [1.807, 2.05) is 6.92 Å². The van der Waals surface area contributed by atoms with Crippen LogP contribution >= 0.6 is 11.3 Å². The number of amides is 2. The second-order valence-corrected chi connectivity index (χ2v) is 7.70. The maximum atomic E-state index is 12.4. The lowest BCUT2D eigenvalue weighted by Crippen LogP contribution is -2.32. The Kier molecular flexibility index (Phi) is 6.16. The van der Waals surface area contributed by atoms with Gasteiger partial charge in [0.15, 0.2) is 5.13 Å². The second-order valence-electron chi connectivity index (χ2n) is 6.72. The first-order valence-electron chi connectivity index (χ1n) is 8.45. The molecule has 1 N–H and O–H groups in total. The van der Waals surface area contributed by atoms with Crippen molar-refractivity contribution in [1.82, 2.24) is 10.3 Å². The van der Waals surface area contributed by atoms with Crippen LogP contribution in [0.4, 0.5) is 5.13 Å². The van der Waals surface area contributed by atoms with Crippen LogP contribution in [-0.2, 0) is 4.79 Å². The minimum absolute atomic E-state index is 0.0258. The Morgan fingerprint density at radius 2 is 2.00 bits per heavy atom. The van der Waals surface area contributed by atoms with Gasteiger partial charge in [-0.15, -0.1) is 0 Å². The van der Waals surface area contributed by atoms with Crippen LogP contribution in [0.25, 0.3) is 0 Å². The summed E-state index contributed by atoms with van der Waals surface area (Å²) >= 11 is 1.32. The third-order valence-corrected chi connectivity index (χ3v) is 5.40. The van der Waals surface area contributed by atoms with Crippen LogP contribution in [0.15, 0.2) is 0 Å². The molecule has 5 nitrogen and oxygen atoms in total. The van der Waals surface area contributed by atoms with Crippen molar-refractivity contribution >= 4 is 28.3 Å². The van der Waals surface area contributed by atoms with Crippen molar-refractivity contribution in [3.05, 3.63) is 10.6 Å². The summed E-state index contributed by atoms with van der Waals surface area (Å²) in [5.41, 5.74) is 0.705. The van der Waals surface area contributed by atoms with Crippen molar-refractivity contribution in [2.75, 3.05) is 11.4 Å². The van der Waals surface area contributed by atoms with Crippen molar-refractivity contribution in [1.29, 1.82) is 0 Å². The predicted octanol–water partition coefficient (Wildman–Crippen LogP) is 3.52. The molecule has 23 heavy (non-hydrogen) atoms. The molecule has 0 unspecified atom stereocenters. The smallest absolute Gasteiger partial charge is 0.263 e. The molecule has 0 aliphatic heterocycles. The number of nitrogens with one attached hydrogen (secondary N) is 1. The van der Waals surface area contributed by atoms with Gasteiger partial charge in [-0.2, -0.15) is 0 Å². The molecule has 6 heteroatoms. The number of aromatic nitrogens is 1. The molecule has 0 spiro atoms. The zero-order valence-electron chi connectivity index (χ0n) is 14.5. The number of aryl methyl sites for hydroxylation is 1. The summed E-state index contributed by atoms with van der Waals surface area (Å²) in [5.74, 6) is 0.440. The molecular formula is C17H27N3O2S. The van der Waals surface area contributed by atoms with E-state index in [1.54, 1.807) is 11.8 Å². The van der Waals surface area contributed by atoms with Gasteiger partial charge in [0.05, 0.1) is 5.69 Å². The van der Waals surface area contributed by atoms with Gasteiger partial charge in [0, 0.05) is 19.5 Å². The zero-order valence-corrected chi connectivity index (χ0v) is 15.3. The number of carbonyl (C=O) groups excluding carboxylic acids is 2. The van der Waals surface area contributed by atoms with E-state index in [4.69, 9.17) is 0 Å². The molecule has 128 valence electrons. The molecule has 2 rings (SSSR count). The molecule has 1 aliphatic carbocycles. The van der Waals surface area contributed by atoms with Gasteiger partial charge in [0.25, 0.3) is 5.91 Å². The van der Waals surface area contributed by atoms with Crippen LogP contribution in [0, 0.1) is 12.8 Å². The van der Waals surface area contributed by atoms with Gasteiger partial charge >= 0.3 is 0 Å². The van der Waals surface area contributed by atoms with Crippen molar-refractivity contribution in [3.8, 4) is 0 Å². The third kappa shape index (κ3) is 4.77. The number of hydrogen-bond acceptors (Lipinski definition) is 4. The Balaban J connectivity index is 2.11. The topological polar surface area (TPSA) is 62.3 Å². The molecule has 0 bridgehead atoms. The van der Waals surface area contributed by atoms with E-state index in [0.717, 1.165) is 19.3 Å². The summed E-state index contributed by atoms with van der Waals surface area (Å²) in [6, 6.07) is 0.289. The number of hydrogen-bond donors (Lipinski definition) is 1. The Hall–Kier alpha value is -1.43. The van der Waals surface area contributed by atoms with Crippen molar-refractivity contribution in [2.24, 2.45) is 5.92 Å². The van der Waals surface area contributed by atoms with Gasteiger partial charge in [-0.05, 0) is 32.1 Å². The summed E-state index contributed by atoms with van der Waals surface area (Å²) in [5, 5.41) is 3.73. The van der Waals surface area contributed by atoms with E-state index in [0.29, 0.717) is 28.2 Å². The highest BCUT2D eigenvalue weighted by atomic mass is 32.1. The van der Waals surface area contributed by atoms with E-state index < -0.39 is 0 Å². The standard InChI is InChI=1S/C17H27N3O2S/c1-11(2)9-10-20(13(4)21)17-18-12(3)15(23-17)16(22)19-14-7-5-6-8-14/h11,14H,5-10H2,1-4H3,(H,19,22). The van der Waals surface area contributed by atoms with Gasteiger partial charge in [-0.1, -0.05) is 38.0 Å². The molecule has 0 atom stereocenters. The molecule has 2 amide bonds. The van der Waals surface area contributed by atoms with Gasteiger partial charge in [-0.25, -0.2) is 4.98 Å². The van der Waals surface area contributed by atoms with Crippen LogP contribution in [0.5, 0.6) is 0 Å².